The summed E-state index contributed by atoms with van der Waals surface area (Å²) >= 11 is 0. The van der Waals surface area contributed by atoms with Crippen LogP contribution in [0.2, 0.25) is 0 Å². The molecule has 4 heteroatoms. The van der Waals surface area contributed by atoms with Crippen LogP contribution in [0.25, 0.3) is 0 Å². The van der Waals surface area contributed by atoms with Crippen molar-refractivity contribution in [3.63, 3.8) is 0 Å². The summed E-state index contributed by atoms with van der Waals surface area (Å²) < 4.78 is 6.00. The van der Waals surface area contributed by atoms with Crippen LogP contribution in [-0.4, -0.2) is 41.2 Å². The van der Waals surface area contributed by atoms with Crippen molar-refractivity contribution in [1.82, 2.24) is 4.90 Å². The maximum atomic E-state index is 11.5. The second-order valence-corrected chi connectivity index (χ2v) is 6.25. The Bertz CT molecular complexity index is 529. The zero-order valence-electron chi connectivity index (χ0n) is 12.5. The minimum atomic E-state index is -0.691. The smallest absolute Gasteiger partial charge is 0.320 e. The molecule has 2 aliphatic rings. The predicted molar refractivity (Wildman–Crippen MR) is 80.8 cm³/mol. The summed E-state index contributed by atoms with van der Waals surface area (Å²) in [6, 6.07) is 5.92. The number of carboxylic acid groups (broad SMARTS) is 1. The molecule has 0 amide bonds. The Balaban J connectivity index is 1.67. The van der Waals surface area contributed by atoms with Crippen molar-refractivity contribution in [1.29, 1.82) is 0 Å². The molecule has 1 saturated heterocycles. The first kappa shape index (κ1) is 14.4. The average Bonchev–Trinajstić information content (AvgIpc) is 2.66. The number of carboxylic acids is 1. The fourth-order valence-corrected chi connectivity index (χ4v) is 3.48. The fraction of sp³-hybridized carbons (Fsp3) is 0.588. The molecule has 1 N–H and O–H groups in total. The first-order valence-corrected chi connectivity index (χ1v) is 7.86. The third-order valence-corrected chi connectivity index (χ3v) is 4.54. The van der Waals surface area contributed by atoms with Crippen LogP contribution in [0.3, 0.4) is 0 Å². The second-order valence-electron chi connectivity index (χ2n) is 6.25. The van der Waals surface area contributed by atoms with Crippen molar-refractivity contribution >= 4 is 5.97 Å². The van der Waals surface area contributed by atoms with Gasteiger partial charge in [0, 0.05) is 13.0 Å². The van der Waals surface area contributed by atoms with Crippen molar-refractivity contribution in [2.45, 2.75) is 51.2 Å². The standard InChI is InChI=1S/C17H23NO3/c1-12-6-7-16-13(9-12)10-14(21-16)11-18-8-4-2-3-5-15(18)17(19)20/h6-7,9,14-15H,2-5,8,10-11H2,1H3,(H,19,20). The van der Waals surface area contributed by atoms with Crippen molar-refractivity contribution in [2.24, 2.45) is 0 Å². The quantitative estimate of drug-likeness (QED) is 0.929. The summed E-state index contributed by atoms with van der Waals surface area (Å²) in [4.78, 5) is 13.6. The van der Waals surface area contributed by atoms with E-state index in [0.717, 1.165) is 44.4 Å². The van der Waals surface area contributed by atoms with Crippen LogP contribution >= 0.6 is 0 Å². The van der Waals surface area contributed by atoms with Crippen LogP contribution in [0.15, 0.2) is 18.2 Å². The van der Waals surface area contributed by atoms with Crippen LogP contribution in [0, 0.1) is 6.92 Å². The molecule has 2 unspecified atom stereocenters. The maximum absolute atomic E-state index is 11.5. The summed E-state index contributed by atoms with van der Waals surface area (Å²) in [7, 11) is 0. The Morgan fingerprint density at radius 3 is 3.05 bits per heavy atom. The summed E-state index contributed by atoms with van der Waals surface area (Å²) in [5.41, 5.74) is 2.50. The van der Waals surface area contributed by atoms with Crippen molar-refractivity contribution in [3.8, 4) is 5.75 Å². The number of benzene rings is 1. The van der Waals surface area contributed by atoms with Gasteiger partial charge in [0.25, 0.3) is 0 Å². The largest absolute Gasteiger partial charge is 0.488 e. The molecule has 1 fully saturated rings. The Morgan fingerprint density at radius 2 is 2.24 bits per heavy atom. The number of ether oxygens (including phenoxy) is 1. The van der Waals surface area contributed by atoms with Crippen LogP contribution in [-0.2, 0) is 11.2 Å². The number of rotatable bonds is 3. The van der Waals surface area contributed by atoms with Crippen LogP contribution in [0.5, 0.6) is 5.75 Å². The number of carbonyl (C=O) groups is 1. The highest BCUT2D eigenvalue weighted by molar-refractivity contribution is 5.73. The average molecular weight is 289 g/mol. The molecule has 0 spiro atoms. The van der Waals surface area contributed by atoms with Gasteiger partial charge in [0.2, 0.25) is 0 Å². The normalized spacial score (nSPS) is 26.0. The number of aliphatic carboxylic acids is 1. The molecule has 0 bridgehead atoms. The van der Waals surface area contributed by atoms with Gasteiger partial charge in [-0.05, 0) is 37.9 Å². The molecule has 3 rings (SSSR count). The molecular formula is C17H23NO3. The molecule has 21 heavy (non-hydrogen) atoms. The third-order valence-electron chi connectivity index (χ3n) is 4.54. The van der Waals surface area contributed by atoms with E-state index in [1.54, 1.807) is 0 Å². The topological polar surface area (TPSA) is 49.8 Å². The molecule has 2 aliphatic heterocycles. The molecule has 2 atom stereocenters. The number of hydrogen-bond donors (Lipinski definition) is 1. The van der Waals surface area contributed by atoms with E-state index in [4.69, 9.17) is 4.74 Å². The van der Waals surface area contributed by atoms with Crippen LogP contribution in [0.1, 0.15) is 36.8 Å². The highest BCUT2D eigenvalue weighted by atomic mass is 16.5. The zero-order valence-corrected chi connectivity index (χ0v) is 12.5. The van der Waals surface area contributed by atoms with E-state index in [2.05, 4.69) is 24.0 Å². The Hall–Kier alpha value is -1.55. The van der Waals surface area contributed by atoms with Gasteiger partial charge in [0.15, 0.2) is 0 Å². The van der Waals surface area contributed by atoms with Crippen molar-refractivity contribution in [2.75, 3.05) is 13.1 Å². The number of aryl methyl sites for hydroxylation is 1. The number of likely N-dealkylation sites (tertiary alicyclic amines) is 1. The first-order chi connectivity index (χ1) is 10.1. The van der Waals surface area contributed by atoms with Gasteiger partial charge < -0.3 is 9.84 Å². The van der Waals surface area contributed by atoms with Crippen molar-refractivity contribution in [3.05, 3.63) is 29.3 Å². The van der Waals surface area contributed by atoms with E-state index in [1.165, 1.54) is 11.1 Å². The first-order valence-electron chi connectivity index (χ1n) is 7.86. The van der Waals surface area contributed by atoms with E-state index >= 15 is 0 Å². The molecule has 0 radical (unpaired) electrons. The SMILES string of the molecule is Cc1ccc2c(c1)CC(CN1CCCCCC1C(=O)O)O2. The Labute approximate surface area is 125 Å². The molecular weight excluding hydrogens is 266 g/mol. The number of nitrogens with zero attached hydrogens (tertiary/aromatic N) is 1. The summed E-state index contributed by atoms with van der Waals surface area (Å²) in [5.74, 6) is 0.274. The van der Waals surface area contributed by atoms with Gasteiger partial charge in [0.1, 0.15) is 17.9 Å². The predicted octanol–water partition coefficient (Wildman–Crippen LogP) is 2.63. The monoisotopic (exact) mass is 289 g/mol. The van der Waals surface area contributed by atoms with E-state index < -0.39 is 5.97 Å². The molecule has 2 heterocycles. The lowest BCUT2D eigenvalue weighted by atomic mass is 10.1. The second kappa shape index (κ2) is 6.06. The lowest BCUT2D eigenvalue weighted by molar-refractivity contribution is -0.143. The third kappa shape index (κ3) is 3.21. The van der Waals surface area contributed by atoms with Gasteiger partial charge in [-0.15, -0.1) is 0 Å². The fourth-order valence-electron chi connectivity index (χ4n) is 3.48. The molecule has 1 aromatic rings. The van der Waals surface area contributed by atoms with Gasteiger partial charge in [-0.2, -0.15) is 0 Å². The minimum Gasteiger partial charge on any atom is -0.488 e. The zero-order chi connectivity index (χ0) is 14.8. The summed E-state index contributed by atoms with van der Waals surface area (Å²) in [6.45, 7) is 3.67. The molecule has 0 aromatic heterocycles. The summed E-state index contributed by atoms with van der Waals surface area (Å²) in [6.07, 6.45) is 4.96. The molecule has 0 saturated carbocycles. The van der Waals surface area contributed by atoms with E-state index in [0.29, 0.717) is 6.54 Å². The highest BCUT2D eigenvalue weighted by Gasteiger charge is 2.31. The number of hydrogen-bond acceptors (Lipinski definition) is 3. The van der Waals surface area contributed by atoms with E-state index in [9.17, 15) is 9.90 Å². The lowest BCUT2D eigenvalue weighted by Gasteiger charge is -2.28. The van der Waals surface area contributed by atoms with Crippen LogP contribution in [0.4, 0.5) is 0 Å². The maximum Gasteiger partial charge on any atom is 0.320 e. The van der Waals surface area contributed by atoms with Gasteiger partial charge in [-0.3, -0.25) is 9.69 Å². The highest BCUT2D eigenvalue weighted by Crippen LogP contribution is 2.30. The van der Waals surface area contributed by atoms with Gasteiger partial charge in [-0.1, -0.05) is 30.5 Å². The molecule has 0 aliphatic carbocycles. The summed E-state index contributed by atoms with van der Waals surface area (Å²) in [5, 5.41) is 9.44. The minimum absolute atomic E-state index is 0.0850. The molecule has 4 nitrogen and oxygen atoms in total. The molecule has 1 aromatic carbocycles. The Morgan fingerprint density at radius 1 is 1.38 bits per heavy atom. The van der Waals surface area contributed by atoms with E-state index in [1.807, 2.05) is 6.07 Å². The van der Waals surface area contributed by atoms with E-state index in [-0.39, 0.29) is 12.1 Å². The Kier molecular flexibility index (Phi) is 4.15. The molecule has 114 valence electrons. The van der Waals surface area contributed by atoms with Crippen LogP contribution < -0.4 is 4.74 Å². The van der Waals surface area contributed by atoms with Gasteiger partial charge >= 0.3 is 5.97 Å². The lowest BCUT2D eigenvalue weighted by Crippen LogP contribution is -2.45. The number of fused-ring (bicyclic) bond motifs is 1. The van der Waals surface area contributed by atoms with Gasteiger partial charge in [0.05, 0.1) is 0 Å². The van der Waals surface area contributed by atoms with Crippen molar-refractivity contribution < 1.29 is 14.6 Å². The van der Waals surface area contributed by atoms with Gasteiger partial charge in [-0.25, -0.2) is 0 Å².